The fraction of sp³-hybridized carbons (Fsp3) is 0.706. The van der Waals surface area contributed by atoms with Gasteiger partial charge in [-0.05, 0) is 6.42 Å². The van der Waals surface area contributed by atoms with Crippen molar-refractivity contribution >= 4 is 5.97 Å². The van der Waals surface area contributed by atoms with Gasteiger partial charge in [0.25, 0.3) is 0 Å². The molecular weight excluding hydrogens is 282 g/mol. The Morgan fingerprint density at radius 2 is 1.55 bits per heavy atom. The van der Waals surface area contributed by atoms with Crippen LogP contribution in [0.3, 0.4) is 0 Å². The first-order valence-corrected chi connectivity index (χ1v) is 8.36. The van der Waals surface area contributed by atoms with Crippen molar-refractivity contribution in [2.45, 2.75) is 71.3 Å². The summed E-state index contributed by atoms with van der Waals surface area (Å²) in [6.45, 7) is 2.90. The Balaban J connectivity index is 1.95. The number of unbranched alkanes of at least 4 members (excludes halogenated alkanes) is 7. The average Bonchev–Trinajstić information content (AvgIpc) is 2.80. The van der Waals surface area contributed by atoms with Gasteiger partial charge in [0, 0.05) is 18.8 Å². The number of carbonyl (C=O) groups is 1. The Morgan fingerprint density at radius 3 is 2.14 bits per heavy atom. The van der Waals surface area contributed by atoms with E-state index in [1.807, 2.05) is 0 Å². The minimum absolute atomic E-state index is 0.162. The van der Waals surface area contributed by atoms with Crippen molar-refractivity contribution in [2.24, 2.45) is 0 Å². The van der Waals surface area contributed by atoms with E-state index < -0.39 is 0 Å². The van der Waals surface area contributed by atoms with E-state index in [1.165, 1.54) is 50.9 Å². The van der Waals surface area contributed by atoms with Gasteiger partial charge in [0.15, 0.2) is 11.5 Å². The largest absolute Gasteiger partial charge is 0.503 e. The SMILES string of the molecule is CCCCCCCCCCC(=O)OCCn1cc(O)c(O)c1. The number of esters is 1. The van der Waals surface area contributed by atoms with Crippen LogP contribution in [-0.2, 0) is 16.1 Å². The third-order valence-corrected chi connectivity index (χ3v) is 3.69. The molecule has 0 bridgehead atoms. The van der Waals surface area contributed by atoms with Crippen molar-refractivity contribution in [3.05, 3.63) is 12.4 Å². The molecule has 0 atom stereocenters. The molecule has 1 rings (SSSR count). The molecule has 1 heterocycles. The van der Waals surface area contributed by atoms with E-state index in [2.05, 4.69) is 6.92 Å². The topological polar surface area (TPSA) is 71.7 Å². The number of nitrogens with zero attached hydrogens (tertiary/aromatic N) is 1. The lowest BCUT2D eigenvalue weighted by Gasteiger charge is -2.05. The molecule has 0 aromatic carbocycles. The van der Waals surface area contributed by atoms with Crippen LogP contribution in [0.5, 0.6) is 11.5 Å². The number of rotatable bonds is 12. The molecule has 0 saturated heterocycles. The summed E-state index contributed by atoms with van der Waals surface area (Å²) in [5.41, 5.74) is 0. The average molecular weight is 311 g/mol. The molecule has 1 aromatic rings. The van der Waals surface area contributed by atoms with Gasteiger partial charge >= 0.3 is 5.97 Å². The van der Waals surface area contributed by atoms with Gasteiger partial charge in [0.05, 0.1) is 6.54 Å². The Bertz CT molecular complexity index is 409. The summed E-state index contributed by atoms with van der Waals surface area (Å²) in [7, 11) is 0. The maximum absolute atomic E-state index is 11.5. The summed E-state index contributed by atoms with van der Waals surface area (Å²) in [6, 6.07) is 0. The van der Waals surface area contributed by atoms with Gasteiger partial charge in [-0.25, -0.2) is 0 Å². The van der Waals surface area contributed by atoms with Gasteiger partial charge in [0.2, 0.25) is 0 Å². The third-order valence-electron chi connectivity index (χ3n) is 3.69. The van der Waals surface area contributed by atoms with Crippen molar-refractivity contribution < 1.29 is 19.7 Å². The summed E-state index contributed by atoms with van der Waals surface area (Å²) in [6.07, 6.45) is 12.9. The van der Waals surface area contributed by atoms with E-state index in [9.17, 15) is 15.0 Å². The van der Waals surface area contributed by atoms with Gasteiger partial charge < -0.3 is 19.5 Å². The summed E-state index contributed by atoms with van der Waals surface area (Å²) in [5, 5.41) is 18.4. The first kappa shape index (κ1) is 18.4. The van der Waals surface area contributed by atoms with Crippen LogP contribution >= 0.6 is 0 Å². The highest BCUT2D eigenvalue weighted by molar-refractivity contribution is 5.69. The van der Waals surface area contributed by atoms with Crippen LogP contribution in [0.15, 0.2) is 12.4 Å². The Kier molecular flexibility index (Phi) is 9.19. The molecule has 1 aromatic heterocycles. The monoisotopic (exact) mass is 311 g/mol. The molecule has 0 aliphatic carbocycles. The molecule has 0 aliphatic heterocycles. The van der Waals surface area contributed by atoms with Crippen LogP contribution in [0.1, 0.15) is 64.7 Å². The zero-order valence-corrected chi connectivity index (χ0v) is 13.6. The number of carbonyl (C=O) groups excluding carboxylic acids is 1. The lowest BCUT2D eigenvalue weighted by Crippen LogP contribution is -2.10. The molecule has 5 nitrogen and oxygen atoms in total. The molecule has 2 N–H and O–H groups in total. The highest BCUT2D eigenvalue weighted by atomic mass is 16.5. The Morgan fingerprint density at radius 1 is 1.00 bits per heavy atom. The molecule has 0 aliphatic rings. The molecule has 0 saturated carbocycles. The van der Waals surface area contributed by atoms with Gasteiger partial charge in [-0.3, -0.25) is 4.79 Å². The van der Waals surface area contributed by atoms with E-state index in [0.29, 0.717) is 13.0 Å². The number of aromatic nitrogens is 1. The molecule has 22 heavy (non-hydrogen) atoms. The van der Waals surface area contributed by atoms with Crippen LogP contribution in [0, 0.1) is 0 Å². The number of hydrogen-bond donors (Lipinski definition) is 2. The van der Waals surface area contributed by atoms with E-state index >= 15 is 0 Å². The quantitative estimate of drug-likeness (QED) is 0.452. The summed E-state index contributed by atoms with van der Waals surface area (Å²) in [5.74, 6) is -0.498. The second-order valence-corrected chi connectivity index (χ2v) is 5.71. The highest BCUT2D eigenvalue weighted by Crippen LogP contribution is 2.24. The third kappa shape index (κ3) is 7.96. The molecule has 0 spiro atoms. The van der Waals surface area contributed by atoms with E-state index in [0.717, 1.165) is 12.8 Å². The predicted molar refractivity (Wildman–Crippen MR) is 85.9 cm³/mol. The molecular formula is C17H29NO4. The van der Waals surface area contributed by atoms with Gasteiger partial charge in [-0.15, -0.1) is 0 Å². The van der Waals surface area contributed by atoms with Crippen molar-refractivity contribution in [2.75, 3.05) is 6.61 Å². The van der Waals surface area contributed by atoms with Crippen LogP contribution in [0.25, 0.3) is 0 Å². The molecule has 5 heteroatoms. The number of aromatic hydroxyl groups is 2. The minimum atomic E-state index is -0.174. The lowest BCUT2D eigenvalue weighted by molar-refractivity contribution is -0.144. The predicted octanol–water partition coefficient (Wildman–Crippen LogP) is 3.97. The molecule has 126 valence electrons. The molecule has 0 amide bonds. The van der Waals surface area contributed by atoms with Crippen molar-refractivity contribution in [3.8, 4) is 11.5 Å². The first-order valence-electron chi connectivity index (χ1n) is 8.36. The maximum atomic E-state index is 11.5. The number of hydrogen-bond acceptors (Lipinski definition) is 4. The normalized spacial score (nSPS) is 10.8. The van der Waals surface area contributed by atoms with Crippen molar-refractivity contribution in [3.63, 3.8) is 0 Å². The van der Waals surface area contributed by atoms with Crippen LogP contribution < -0.4 is 0 Å². The Labute approximate surface area is 132 Å². The smallest absolute Gasteiger partial charge is 0.305 e. The van der Waals surface area contributed by atoms with E-state index in [-0.39, 0.29) is 24.1 Å². The summed E-state index contributed by atoms with van der Waals surface area (Å²) in [4.78, 5) is 11.5. The molecule has 0 fully saturated rings. The van der Waals surface area contributed by atoms with E-state index in [1.54, 1.807) is 4.57 Å². The van der Waals surface area contributed by atoms with Crippen molar-refractivity contribution in [1.82, 2.24) is 4.57 Å². The molecule has 0 radical (unpaired) electrons. The van der Waals surface area contributed by atoms with Gasteiger partial charge in [-0.1, -0.05) is 51.9 Å². The van der Waals surface area contributed by atoms with Gasteiger partial charge in [0.1, 0.15) is 6.61 Å². The zero-order chi connectivity index (χ0) is 16.2. The van der Waals surface area contributed by atoms with Crippen molar-refractivity contribution in [1.29, 1.82) is 0 Å². The van der Waals surface area contributed by atoms with E-state index in [4.69, 9.17) is 4.74 Å². The lowest BCUT2D eigenvalue weighted by atomic mass is 10.1. The molecule has 0 unspecified atom stereocenters. The summed E-state index contributed by atoms with van der Waals surface area (Å²) >= 11 is 0. The summed E-state index contributed by atoms with van der Waals surface area (Å²) < 4.78 is 6.72. The first-order chi connectivity index (χ1) is 10.6. The van der Waals surface area contributed by atoms with Crippen LogP contribution in [0.2, 0.25) is 0 Å². The highest BCUT2D eigenvalue weighted by Gasteiger charge is 2.05. The maximum Gasteiger partial charge on any atom is 0.305 e. The fourth-order valence-electron chi connectivity index (χ4n) is 2.35. The second-order valence-electron chi connectivity index (χ2n) is 5.71. The standard InChI is InChI=1S/C17H29NO4/c1-2-3-4-5-6-7-8-9-10-17(21)22-12-11-18-13-15(19)16(20)14-18/h13-14,19-20H,2-12H2,1H3. The minimum Gasteiger partial charge on any atom is -0.503 e. The fourth-order valence-corrected chi connectivity index (χ4v) is 2.35. The van der Waals surface area contributed by atoms with Crippen LogP contribution in [-0.4, -0.2) is 27.4 Å². The second kappa shape index (κ2) is 11.0. The Hall–Kier alpha value is -1.65. The number of ether oxygens (including phenoxy) is 1. The van der Waals surface area contributed by atoms with Gasteiger partial charge in [-0.2, -0.15) is 0 Å². The van der Waals surface area contributed by atoms with Crippen LogP contribution in [0.4, 0.5) is 0 Å². The zero-order valence-electron chi connectivity index (χ0n) is 13.6.